The number of methoxy groups -OCH3 is 1. The lowest BCUT2D eigenvalue weighted by molar-refractivity contribution is 0.413. The highest BCUT2D eigenvalue weighted by molar-refractivity contribution is 7.89. The van der Waals surface area contributed by atoms with Crippen LogP contribution in [0.3, 0.4) is 0 Å². The molecule has 0 radical (unpaired) electrons. The van der Waals surface area contributed by atoms with Crippen molar-refractivity contribution in [3.63, 3.8) is 0 Å². The summed E-state index contributed by atoms with van der Waals surface area (Å²) in [5.74, 6) is 1.91. The number of nitrogens with one attached hydrogen (secondary N) is 1. The van der Waals surface area contributed by atoms with Crippen molar-refractivity contribution in [2.75, 3.05) is 13.7 Å². The van der Waals surface area contributed by atoms with E-state index in [0.717, 1.165) is 5.75 Å². The molecule has 0 saturated heterocycles. The largest absolute Gasteiger partial charge is 0.497 e. The summed E-state index contributed by atoms with van der Waals surface area (Å²) in [4.78, 5) is 0.158. The Morgan fingerprint density at radius 1 is 0.958 bits per heavy atom. The number of rotatable bonds is 7. The first-order valence-electron chi connectivity index (χ1n) is 7.42. The Morgan fingerprint density at radius 3 is 1.88 bits per heavy atom. The van der Waals surface area contributed by atoms with Gasteiger partial charge < -0.3 is 15.2 Å². The van der Waals surface area contributed by atoms with Crippen LogP contribution in [0.5, 0.6) is 17.2 Å². The van der Waals surface area contributed by atoms with Crippen LogP contribution in [0.2, 0.25) is 0 Å². The van der Waals surface area contributed by atoms with E-state index in [1.54, 1.807) is 57.4 Å². The van der Waals surface area contributed by atoms with Crippen molar-refractivity contribution in [2.45, 2.75) is 24.3 Å². The molecule has 0 spiro atoms. The van der Waals surface area contributed by atoms with Gasteiger partial charge in [-0.15, -0.1) is 0 Å². The normalized spacial score (nSPS) is 12.0. The van der Waals surface area contributed by atoms with Gasteiger partial charge in [-0.2, -0.15) is 0 Å². The maximum Gasteiger partial charge on any atom is 0.241 e. The van der Waals surface area contributed by atoms with E-state index in [0.29, 0.717) is 11.5 Å². The lowest BCUT2D eigenvalue weighted by atomic mass is 10.1. The summed E-state index contributed by atoms with van der Waals surface area (Å²) < 4.78 is 38.0. The maximum absolute atomic E-state index is 12.3. The first-order chi connectivity index (χ1) is 11.3. The van der Waals surface area contributed by atoms with E-state index in [2.05, 4.69) is 4.72 Å². The van der Waals surface area contributed by atoms with Crippen molar-refractivity contribution in [1.82, 2.24) is 4.72 Å². The number of hydrogen-bond acceptors (Lipinski definition) is 5. The summed E-state index contributed by atoms with van der Waals surface area (Å²) in [6, 6.07) is 13.3. The summed E-state index contributed by atoms with van der Waals surface area (Å²) in [5, 5.41) is 0. The summed E-state index contributed by atoms with van der Waals surface area (Å²) in [6.45, 7) is 3.66. The zero-order valence-electron chi connectivity index (χ0n) is 13.9. The molecule has 0 heterocycles. The second kappa shape index (κ2) is 7.21. The van der Waals surface area contributed by atoms with Gasteiger partial charge in [-0.25, -0.2) is 13.1 Å². The third-order valence-electron chi connectivity index (χ3n) is 3.35. The lowest BCUT2D eigenvalue weighted by Gasteiger charge is -2.23. The molecule has 7 heteroatoms. The number of ether oxygens (including phenoxy) is 2. The fraction of sp³-hybridized carbons (Fsp3) is 0.294. The van der Waals surface area contributed by atoms with Gasteiger partial charge in [-0.3, -0.25) is 0 Å². The van der Waals surface area contributed by atoms with Crippen LogP contribution in [-0.2, 0) is 10.0 Å². The van der Waals surface area contributed by atoms with Gasteiger partial charge in [-0.1, -0.05) is 0 Å². The van der Waals surface area contributed by atoms with Gasteiger partial charge in [0.15, 0.2) is 0 Å². The average Bonchev–Trinajstić information content (AvgIpc) is 2.55. The fourth-order valence-corrected chi connectivity index (χ4v) is 3.35. The Balaban J connectivity index is 2.12. The van der Waals surface area contributed by atoms with E-state index in [-0.39, 0.29) is 11.4 Å². The van der Waals surface area contributed by atoms with E-state index in [4.69, 9.17) is 15.2 Å². The molecule has 0 amide bonds. The van der Waals surface area contributed by atoms with Crippen LogP contribution in [0, 0.1) is 0 Å². The minimum Gasteiger partial charge on any atom is -0.497 e. The standard InChI is InChI=1S/C17H22N2O4S/c1-17(2,12-18)19-24(20,21)16-10-8-15(9-11-16)23-14-6-4-13(22-3)5-7-14/h4-11,19H,12,18H2,1-3H3. The van der Waals surface area contributed by atoms with E-state index in [1.807, 2.05) is 0 Å². The first-order valence-corrected chi connectivity index (χ1v) is 8.90. The number of sulfonamides is 1. The highest BCUT2D eigenvalue weighted by Gasteiger charge is 2.24. The summed E-state index contributed by atoms with van der Waals surface area (Å²) in [5.41, 5.74) is 4.86. The zero-order valence-corrected chi connectivity index (χ0v) is 14.8. The van der Waals surface area contributed by atoms with E-state index >= 15 is 0 Å². The summed E-state index contributed by atoms with van der Waals surface area (Å²) >= 11 is 0. The van der Waals surface area contributed by atoms with Crippen molar-refractivity contribution >= 4 is 10.0 Å². The monoisotopic (exact) mass is 350 g/mol. The molecule has 0 aromatic heterocycles. The third kappa shape index (κ3) is 4.70. The average molecular weight is 350 g/mol. The Bertz CT molecular complexity index is 769. The van der Waals surface area contributed by atoms with Crippen molar-refractivity contribution in [1.29, 1.82) is 0 Å². The second-order valence-corrected chi connectivity index (χ2v) is 7.62. The molecule has 6 nitrogen and oxygen atoms in total. The van der Waals surface area contributed by atoms with Crippen LogP contribution in [0.4, 0.5) is 0 Å². The van der Waals surface area contributed by atoms with Crippen molar-refractivity contribution < 1.29 is 17.9 Å². The van der Waals surface area contributed by atoms with Crippen molar-refractivity contribution in [3.8, 4) is 17.2 Å². The first kappa shape index (κ1) is 18.3. The minimum atomic E-state index is -3.63. The SMILES string of the molecule is COc1ccc(Oc2ccc(S(=O)(=O)NC(C)(C)CN)cc2)cc1. The quantitative estimate of drug-likeness (QED) is 0.801. The topological polar surface area (TPSA) is 90.6 Å². The lowest BCUT2D eigenvalue weighted by Crippen LogP contribution is -2.48. The van der Waals surface area contributed by atoms with Gasteiger partial charge in [0, 0.05) is 12.1 Å². The molecule has 2 aromatic rings. The van der Waals surface area contributed by atoms with Crippen molar-refractivity contribution in [2.24, 2.45) is 5.73 Å². The third-order valence-corrected chi connectivity index (χ3v) is 5.06. The van der Waals surface area contributed by atoms with Crippen LogP contribution < -0.4 is 19.9 Å². The zero-order chi connectivity index (χ0) is 17.8. The molecule has 3 N–H and O–H groups in total. The molecular formula is C17H22N2O4S. The number of nitrogens with two attached hydrogens (primary N) is 1. The molecule has 0 aliphatic carbocycles. The van der Waals surface area contributed by atoms with Crippen LogP contribution in [0.15, 0.2) is 53.4 Å². The summed E-state index contributed by atoms with van der Waals surface area (Å²) in [7, 11) is -2.04. The minimum absolute atomic E-state index is 0.158. The van der Waals surface area contributed by atoms with Gasteiger partial charge in [0.2, 0.25) is 10.0 Å². The summed E-state index contributed by atoms with van der Waals surface area (Å²) in [6.07, 6.45) is 0. The molecule has 0 saturated carbocycles. The van der Waals surface area contributed by atoms with E-state index in [1.165, 1.54) is 12.1 Å². The number of hydrogen-bond donors (Lipinski definition) is 2. The van der Waals surface area contributed by atoms with Gasteiger partial charge in [-0.05, 0) is 62.4 Å². The molecule has 2 aromatic carbocycles. The van der Waals surface area contributed by atoms with Crippen molar-refractivity contribution in [3.05, 3.63) is 48.5 Å². The van der Waals surface area contributed by atoms with Gasteiger partial charge in [0.05, 0.1) is 12.0 Å². The molecule has 130 valence electrons. The van der Waals surface area contributed by atoms with Crippen LogP contribution in [-0.4, -0.2) is 27.6 Å². The van der Waals surface area contributed by atoms with E-state index < -0.39 is 15.6 Å². The van der Waals surface area contributed by atoms with E-state index in [9.17, 15) is 8.42 Å². The Morgan fingerprint density at radius 2 is 1.42 bits per heavy atom. The molecule has 0 fully saturated rings. The predicted molar refractivity (Wildman–Crippen MR) is 93.0 cm³/mol. The molecule has 0 atom stereocenters. The Labute approximate surface area is 142 Å². The molecule has 0 unspecified atom stereocenters. The van der Waals surface area contributed by atoms with Gasteiger partial charge >= 0.3 is 0 Å². The number of benzene rings is 2. The van der Waals surface area contributed by atoms with Crippen LogP contribution >= 0.6 is 0 Å². The molecule has 0 aliphatic heterocycles. The maximum atomic E-state index is 12.3. The van der Waals surface area contributed by atoms with Crippen LogP contribution in [0.1, 0.15) is 13.8 Å². The van der Waals surface area contributed by atoms with Gasteiger partial charge in [0.25, 0.3) is 0 Å². The smallest absolute Gasteiger partial charge is 0.241 e. The molecule has 24 heavy (non-hydrogen) atoms. The molecule has 0 aliphatic rings. The fourth-order valence-electron chi connectivity index (χ4n) is 1.93. The van der Waals surface area contributed by atoms with Gasteiger partial charge in [0.1, 0.15) is 17.2 Å². The second-order valence-electron chi connectivity index (χ2n) is 5.94. The Kier molecular flexibility index (Phi) is 5.48. The molecule has 2 rings (SSSR count). The highest BCUT2D eigenvalue weighted by atomic mass is 32.2. The predicted octanol–water partition coefficient (Wildman–Crippen LogP) is 2.50. The highest BCUT2D eigenvalue weighted by Crippen LogP contribution is 2.25. The molecule has 0 bridgehead atoms. The molecular weight excluding hydrogens is 328 g/mol. The Hall–Kier alpha value is -2.09. The van der Waals surface area contributed by atoms with Crippen LogP contribution in [0.25, 0.3) is 0 Å².